The molecular formula is C13H19FN2. The SMILES string of the molecule is CCN(c1cccc(F)c1CNC)C1CC1. The highest BCUT2D eigenvalue weighted by Crippen LogP contribution is 2.34. The molecule has 3 heteroatoms. The van der Waals surface area contributed by atoms with Crippen LogP contribution in [-0.2, 0) is 6.54 Å². The summed E-state index contributed by atoms with van der Waals surface area (Å²) in [5.41, 5.74) is 1.85. The van der Waals surface area contributed by atoms with Gasteiger partial charge in [-0.3, -0.25) is 0 Å². The van der Waals surface area contributed by atoms with Crippen molar-refractivity contribution in [2.45, 2.75) is 32.4 Å². The van der Waals surface area contributed by atoms with Gasteiger partial charge in [-0.05, 0) is 38.9 Å². The summed E-state index contributed by atoms with van der Waals surface area (Å²) in [6.45, 7) is 3.67. The van der Waals surface area contributed by atoms with E-state index in [0.717, 1.165) is 17.8 Å². The van der Waals surface area contributed by atoms with Crippen LogP contribution in [0.15, 0.2) is 18.2 Å². The zero-order chi connectivity index (χ0) is 11.5. The molecule has 0 radical (unpaired) electrons. The van der Waals surface area contributed by atoms with Gasteiger partial charge in [0.2, 0.25) is 0 Å². The van der Waals surface area contributed by atoms with Crippen molar-refractivity contribution >= 4 is 5.69 Å². The molecule has 0 amide bonds. The van der Waals surface area contributed by atoms with Crippen LogP contribution in [0, 0.1) is 5.82 Å². The Morgan fingerprint density at radius 1 is 1.44 bits per heavy atom. The van der Waals surface area contributed by atoms with Crippen LogP contribution in [0.1, 0.15) is 25.3 Å². The van der Waals surface area contributed by atoms with Gasteiger partial charge in [0.05, 0.1) is 0 Å². The first kappa shape index (κ1) is 11.4. The summed E-state index contributed by atoms with van der Waals surface area (Å²) < 4.78 is 13.8. The quantitative estimate of drug-likeness (QED) is 0.823. The number of halogens is 1. The lowest BCUT2D eigenvalue weighted by atomic mass is 10.1. The topological polar surface area (TPSA) is 15.3 Å². The van der Waals surface area contributed by atoms with Gasteiger partial charge in [0.25, 0.3) is 0 Å². The maximum Gasteiger partial charge on any atom is 0.129 e. The van der Waals surface area contributed by atoms with Crippen molar-refractivity contribution in [3.05, 3.63) is 29.6 Å². The Hall–Kier alpha value is -1.09. The van der Waals surface area contributed by atoms with Crippen LogP contribution in [0.2, 0.25) is 0 Å². The van der Waals surface area contributed by atoms with E-state index >= 15 is 0 Å². The van der Waals surface area contributed by atoms with E-state index in [2.05, 4.69) is 17.1 Å². The Morgan fingerprint density at radius 3 is 2.75 bits per heavy atom. The van der Waals surface area contributed by atoms with Crippen molar-refractivity contribution in [2.75, 3.05) is 18.5 Å². The van der Waals surface area contributed by atoms with Gasteiger partial charge < -0.3 is 10.2 Å². The van der Waals surface area contributed by atoms with Crippen molar-refractivity contribution in [3.63, 3.8) is 0 Å². The van der Waals surface area contributed by atoms with Crippen LogP contribution in [-0.4, -0.2) is 19.6 Å². The van der Waals surface area contributed by atoms with E-state index in [1.807, 2.05) is 13.1 Å². The minimum Gasteiger partial charge on any atom is -0.368 e. The maximum absolute atomic E-state index is 13.8. The zero-order valence-corrected chi connectivity index (χ0v) is 9.96. The Balaban J connectivity index is 2.33. The van der Waals surface area contributed by atoms with Gasteiger partial charge in [-0.1, -0.05) is 6.07 Å². The molecule has 1 N–H and O–H groups in total. The second kappa shape index (κ2) is 4.83. The highest BCUT2D eigenvalue weighted by atomic mass is 19.1. The summed E-state index contributed by atoms with van der Waals surface area (Å²) in [6.07, 6.45) is 2.48. The van der Waals surface area contributed by atoms with Crippen molar-refractivity contribution in [3.8, 4) is 0 Å². The molecule has 0 bridgehead atoms. The number of benzene rings is 1. The fraction of sp³-hybridized carbons (Fsp3) is 0.538. The van der Waals surface area contributed by atoms with Gasteiger partial charge >= 0.3 is 0 Å². The number of hydrogen-bond donors (Lipinski definition) is 1. The molecule has 1 fully saturated rings. The Kier molecular flexibility index (Phi) is 3.44. The smallest absolute Gasteiger partial charge is 0.129 e. The molecular weight excluding hydrogens is 203 g/mol. The molecule has 0 aliphatic heterocycles. The fourth-order valence-electron chi connectivity index (χ4n) is 2.18. The molecule has 1 aromatic carbocycles. The molecule has 1 saturated carbocycles. The predicted octanol–water partition coefficient (Wildman–Crippen LogP) is 2.53. The highest BCUT2D eigenvalue weighted by molar-refractivity contribution is 5.55. The molecule has 2 nitrogen and oxygen atoms in total. The third kappa shape index (κ3) is 2.19. The third-order valence-corrected chi connectivity index (χ3v) is 3.09. The first-order chi connectivity index (χ1) is 7.77. The fourth-order valence-corrected chi connectivity index (χ4v) is 2.18. The molecule has 0 atom stereocenters. The Morgan fingerprint density at radius 2 is 2.19 bits per heavy atom. The van der Waals surface area contributed by atoms with E-state index < -0.39 is 0 Å². The van der Waals surface area contributed by atoms with Crippen molar-refractivity contribution < 1.29 is 4.39 Å². The highest BCUT2D eigenvalue weighted by Gasteiger charge is 2.29. The van der Waals surface area contributed by atoms with Crippen LogP contribution in [0.4, 0.5) is 10.1 Å². The van der Waals surface area contributed by atoms with E-state index in [4.69, 9.17) is 0 Å². The first-order valence-corrected chi connectivity index (χ1v) is 5.96. The van der Waals surface area contributed by atoms with E-state index in [1.54, 1.807) is 6.07 Å². The molecule has 0 saturated heterocycles. The molecule has 2 rings (SSSR count). The monoisotopic (exact) mass is 222 g/mol. The van der Waals surface area contributed by atoms with Crippen molar-refractivity contribution in [1.29, 1.82) is 0 Å². The van der Waals surface area contributed by atoms with Crippen LogP contribution in [0.3, 0.4) is 0 Å². The lowest BCUT2D eigenvalue weighted by Gasteiger charge is -2.25. The van der Waals surface area contributed by atoms with Gasteiger partial charge in [-0.15, -0.1) is 0 Å². The third-order valence-electron chi connectivity index (χ3n) is 3.09. The van der Waals surface area contributed by atoms with E-state index in [-0.39, 0.29) is 5.82 Å². The maximum atomic E-state index is 13.8. The largest absolute Gasteiger partial charge is 0.368 e. The number of hydrogen-bond acceptors (Lipinski definition) is 2. The van der Waals surface area contributed by atoms with Crippen LogP contribution >= 0.6 is 0 Å². The summed E-state index contributed by atoms with van der Waals surface area (Å²) in [7, 11) is 1.85. The summed E-state index contributed by atoms with van der Waals surface area (Å²) in [5.74, 6) is -0.106. The molecule has 1 aliphatic rings. The Bertz CT molecular complexity index is 361. The molecule has 88 valence electrons. The van der Waals surface area contributed by atoms with Crippen LogP contribution < -0.4 is 10.2 Å². The molecule has 1 aliphatic carbocycles. The minimum absolute atomic E-state index is 0.106. The predicted molar refractivity (Wildman–Crippen MR) is 65.2 cm³/mol. The second-order valence-corrected chi connectivity index (χ2v) is 4.29. The van der Waals surface area contributed by atoms with Crippen LogP contribution in [0.25, 0.3) is 0 Å². The summed E-state index contributed by atoms with van der Waals surface area (Å²) in [6, 6.07) is 5.99. The summed E-state index contributed by atoms with van der Waals surface area (Å²) >= 11 is 0. The number of anilines is 1. The summed E-state index contributed by atoms with van der Waals surface area (Å²) in [5, 5.41) is 3.04. The lowest BCUT2D eigenvalue weighted by molar-refractivity contribution is 0.598. The molecule has 0 unspecified atom stereocenters. The molecule has 1 aromatic rings. The van der Waals surface area contributed by atoms with Crippen LogP contribution in [0.5, 0.6) is 0 Å². The number of rotatable bonds is 5. The molecule has 0 spiro atoms. The minimum atomic E-state index is -0.106. The average molecular weight is 222 g/mol. The molecule has 0 heterocycles. The number of nitrogens with zero attached hydrogens (tertiary/aromatic N) is 1. The van der Waals surface area contributed by atoms with E-state index in [9.17, 15) is 4.39 Å². The zero-order valence-electron chi connectivity index (χ0n) is 9.96. The average Bonchev–Trinajstić information content (AvgIpc) is 3.08. The van der Waals surface area contributed by atoms with Gasteiger partial charge in [0, 0.05) is 30.4 Å². The lowest BCUT2D eigenvalue weighted by Crippen LogP contribution is -2.27. The molecule has 16 heavy (non-hydrogen) atoms. The van der Waals surface area contributed by atoms with Gasteiger partial charge in [0.1, 0.15) is 5.82 Å². The normalized spacial score (nSPS) is 15.2. The standard InChI is InChI=1S/C13H19FN2/c1-3-16(10-7-8-10)13-6-4-5-12(14)11(13)9-15-2/h4-6,10,15H,3,7-9H2,1-2H3. The molecule has 0 aromatic heterocycles. The van der Waals surface area contributed by atoms with Gasteiger partial charge in [-0.2, -0.15) is 0 Å². The van der Waals surface area contributed by atoms with Crippen molar-refractivity contribution in [2.24, 2.45) is 0 Å². The van der Waals surface area contributed by atoms with Crippen molar-refractivity contribution in [1.82, 2.24) is 5.32 Å². The summed E-state index contributed by atoms with van der Waals surface area (Å²) in [4.78, 5) is 2.32. The van der Waals surface area contributed by atoms with E-state index in [1.165, 1.54) is 18.9 Å². The second-order valence-electron chi connectivity index (χ2n) is 4.29. The Labute approximate surface area is 96.5 Å². The number of nitrogens with one attached hydrogen (secondary N) is 1. The van der Waals surface area contributed by atoms with E-state index in [0.29, 0.717) is 12.6 Å². The van der Waals surface area contributed by atoms with Gasteiger partial charge in [0.15, 0.2) is 0 Å². The van der Waals surface area contributed by atoms with Gasteiger partial charge in [-0.25, -0.2) is 4.39 Å². The first-order valence-electron chi connectivity index (χ1n) is 5.96.